The lowest BCUT2D eigenvalue weighted by Crippen LogP contribution is -2.59. The normalized spacial score (nSPS) is 19.2. The number of alkyl carbamates (subject to hydrolysis) is 1. The van der Waals surface area contributed by atoms with Crippen LogP contribution in [0.25, 0.3) is 0 Å². The van der Waals surface area contributed by atoms with Gasteiger partial charge in [0.05, 0.1) is 12.1 Å². The number of hydrogen-bond acceptors (Lipinski definition) is 6. The Hall–Kier alpha value is -2.81. The molecule has 0 spiro atoms. The molecule has 1 aromatic carbocycles. The fraction of sp³-hybridized carbons (Fsp3) is 0.609. The van der Waals surface area contributed by atoms with Gasteiger partial charge in [-0.15, -0.1) is 0 Å². The Morgan fingerprint density at radius 3 is 2.50 bits per heavy atom. The van der Waals surface area contributed by atoms with Crippen LogP contribution in [0.1, 0.15) is 46.1 Å². The molecule has 1 aliphatic heterocycles. The van der Waals surface area contributed by atoms with E-state index >= 15 is 0 Å². The SMILES string of the molecule is COC[C@]1(CNC(=O)[C@H](C)NC(=O)OCc2ccccc2)CCCN1C(=O)OC(C)(C)C. The number of carbonyl (C=O) groups is 3. The fourth-order valence-corrected chi connectivity index (χ4v) is 3.61. The van der Waals surface area contributed by atoms with Crippen LogP contribution in [0.5, 0.6) is 0 Å². The van der Waals surface area contributed by atoms with E-state index in [9.17, 15) is 14.4 Å². The third-order valence-corrected chi connectivity index (χ3v) is 5.16. The van der Waals surface area contributed by atoms with Gasteiger partial charge in [0, 0.05) is 20.2 Å². The molecular formula is C23H35N3O6. The number of nitrogens with one attached hydrogen (secondary N) is 2. The Kier molecular flexibility index (Phi) is 8.89. The summed E-state index contributed by atoms with van der Waals surface area (Å²) in [5.74, 6) is -0.381. The molecule has 2 N–H and O–H groups in total. The van der Waals surface area contributed by atoms with E-state index in [0.29, 0.717) is 13.0 Å². The van der Waals surface area contributed by atoms with Crippen LogP contribution >= 0.6 is 0 Å². The van der Waals surface area contributed by atoms with Crippen LogP contribution in [0.15, 0.2) is 30.3 Å². The number of methoxy groups -OCH3 is 1. The maximum atomic E-state index is 12.7. The van der Waals surface area contributed by atoms with E-state index in [-0.39, 0.29) is 25.7 Å². The number of likely N-dealkylation sites (tertiary alicyclic amines) is 1. The Morgan fingerprint density at radius 1 is 1.19 bits per heavy atom. The summed E-state index contributed by atoms with van der Waals surface area (Å²) in [6.07, 6.45) is 0.329. The van der Waals surface area contributed by atoms with Crippen molar-refractivity contribution in [3.63, 3.8) is 0 Å². The van der Waals surface area contributed by atoms with Crippen LogP contribution < -0.4 is 10.6 Å². The summed E-state index contributed by atoms with van der Waals surface area (Å²) in [4.78, 5) is 39.0. The summed E-state index contributed by atoms with van der Waals surface area (Å²) >= 11 is 0. The molecule has 178 valence electrons. The Balaban J connectivity index is 1.90. The second-order valence-electron chi connectivity index (χ2n) is 9.04. The second-order valence-corrected chi connectivity index (χ2v) is 9.04. The number of hydrogen-bond donors (Lipinski definition) is 2. The van der Waals surface area contributed by atoms with Crippen LogP contribution in [-0.2, 0) is 25.6 Å². The Bertz CT molecular complexity index is 780. The molecule has 0 aliphatic carbocycles. The molecule has 1 aromatic rings. The summed E-state index contributed by atoms with van der Waals surface area (Å²) in [5.41, 5.74) is -0.481. The maximum absolute atomic E-state index is 12.7. The molecule has 2 atom stereocenters. The lowest BCUT2D eigenvalue weighted by Gasteiger charge is -2.39. The van der Waals surface area contributed by atoms with E-state index in [2.05, 4.69) is 10.6 Å². The van der Waals surface area contributed by atoms with Crippen LogP contribution in [0.4, 0.5) is 9.59 Å². The molecule has 0 radical (unpaired) electrons. The van der Waals surface area contributed by atoms with Crippen LogP contribution in [0.2, 0.25) is 0 Å². The third-order valence-electron chi connectivity index (χ3n) is 5.16. The third kappa shape index (κ3) is 7.40. The van der Waals surface area contributed by atoms with Gasteiger partial charge in [-0.1, -0.05) is 30.3 Å². The molecule has 1 fully saturated rings. The highest BCUT2D eigenvalue weighted by Gasteiger charge is 2.45. The van der Waals surface area contributed by atoms with E-state index in [1.165, 1.54) is 0 Å². The maximum Gasteiger partial charge on any atom is 0.410 e. The predicted molar refractivity (Wildman–Crippen MR) is 119 cm³/mol. The topological polar surface area (TPSA) is 106 Å². The van der Waals surface area contributed by atoms with Crippen molar-refractivity contribution in [2.24, 2.45) is 0 Å². The largest absolute Gasteiger partial charge is 0.445 e. The molecule has 0 unspecified atom stereocenters. The fourth-order valence-electron chi connectivity index (χ4n) is 3.61. The van der Waals surface area contributed by atoms with Crippen molar-refractivity contribution in [1.82, 2.24) is 15.5 Å². The summed E-state index contributed by atoms with van der Waals surface area (Å²) in [7, 11) is 1.56. The first-order valence-electron chi connectivity index (χ1n) is 10.8. The average molecular weight is 450 g/mol. The average Bonchev–Trinajstić information content (AvgIpc) is 3.14. The molecule has 1 saturated heterocycles. The van der Waals surface area contributed by atoms with E-state index < -0.39 is 29.4 Å². The molecule has 3 amide bonds. The van der Waals surface area contributed by atoms with Crippen molar-refractivity contribution in [2.75, 3.05) is 26.8 Å². The van der Waals surface area contributed by atoms with Gasteiger partial charge in [0.15, 0.2) is 0 Å². The Morgan fingerprint density at radius 2 is 1.88 bits per heavy atom. The molecule has 0 bridgehead atoms. The second kappa shape index (κ2) is 11.2. The molecule has 0 aromatic heterocycles. The molecular weight excluding hydrogens is 414 g/mol. The van der Waals surface area contributed by atoms with Gasteiger partial charge in [-0.05, 0) is 46.1 Å². The molecule has 1 heterocycles. The minimum Gasteiger partial charge on any atom is -0.445 e. The van der Waals surface area contributed by atoms with Crippen molar-refractivity contribution in [1.29, 1.82) is 0 Å². The molecule has 9 nitrogen and oxygen atoms in total. The monoisotopic (exact) mass is 449 g/mol. The smallest absolute Gasteiger partial charge is 0.410 e. The minimum atomic E-state index is -0.811. The standard InChI is InChI=1S/C23H35N3O6/c1-17(25-20(28)31-14-18-10-7-6-8-11-18)19(27)24-15-23(16-30-5)12-9-13-26(23)21(29)32-22(2,3)4/h6-8,10-11,17H,9,12-16H2,1-5H3,(H,24,27)(H,25,28)/t17-,23+/m0/s1. The number of amides is 3. The first kappa shape index (κ1) is 25.5. The number of carbonyl (C=O) groups excluding carboxylic acids is 3. The Labute approximate surface area is 189 Å². The highest BCUT2D eigenvalue weighted by molar-refractivity contribution is 5.85. The van der Waals surface area contributed by atoms with Crippen LogP contribution in [-0.4, -0.2) is 67.0 Å². The van der Waals surface area contributed by atoms with E-state index in [4.69, 9.17) is 14.2 Å². The summed E-state index contributed by atoms with van der Waals surface area (Å²) in [6, 6.07) is 8.46. The zero-order chi connectivity index (χ0) is 23.8. The highest BCUT2D eigenvalue weighted by atomic mass is 16.6. The van der Waals surface area contributed by atoms with E-state index in [1.54, 1.807) is 18.9 Å². The van der Waals surface area contributed by atoms with Gasteiger partial charge < -0.3 is 24.8 Å². The van der Waals surface area contributed by atoms with E-state index in [0.717, 1.165) is 12.0 Å². The number of nitrogens with zero attached hydrogens (tertiary/aromatic N) is 1. The summed E-state index contributed by atoms with van der Waals surface area (Å²) < 4.78 is 16.1. The van der Waals surface area contributed by atoms with Gasteiger partial charge in [-0.2, -0.15) is 0 Å². The van der Waals surface area contributed by atoms with Gasteiger partial charge in [0.25, 0.3) is 0 Å². The van der Waals surface area contributed by atoms with Gasteiger partial charge in [0.2, 0.25) is 5.91 Å². The minimum absolute atomic E-state index is 0.114. The zero-order valence-electron chi connectivity index (χ0n) is 19.6. The van der Waals surface area contributed by atoms with Crippen molar-refractivity contribution in [3.05, 3.63) is 35.9 Å². The quantitative estimate of drug-likeness (QED) is 0.632. The molecule has 0 saturated carbocycles. The number of ether oxygens (including phenoxy) is 3. The summed E-state index contributed by atoms with van der Waals surface area (Å²) in [5, 5.41) is 5.36. The van der Waals surface area contributed by atoms with Gasteiger partial charge in [-0.3, -0.25) is 9.69 Å². The number of benzene rings is 1. The molecule has 2 rings (SSSR count). The lowest BCUT2D eigenvalue weighted by atomic mass is 9.97. The first-order valence-corrected chi connectivity index (χ1v) is 10.8. The van der Waals surface area contributed by atoms with Crippen molar-refractivity contribution in [2.45, 2.75) is 64.3 Å². The molecule has 32 heavy (non-hydrogen) atoms. The lowest BCUT2D eigenvalue weighted by molar-refractivity contribution is -0.123. The van der Waals surface area contributed by atoms with Gasteiger partial charge >= 0.3 is 12.2 Å². The first-order chi connectivity index (χ1) is 15.1. The van der Waals surface area contributed by atoms with E-state index in [1.807, 2.05) is 51.1 Å². The number of rotatable bonds is 8. The molecule has 1 aliphatic rings. The molecule has 9 heteroatoms. The van der Waals surface area contributed by atoms with Gasteiger partial charge in [-0.25, -0.2) is 9.59 Å². The van der Waals surface area contributed by atoms with Crippen LogP contribution in [0, 0.1) is 0 Å². The van der Waals surface area contributed by atoms with Gasteiger partial charge in [0.1, 0.15) is 18.2 Å². The van der Waals surface area contributed by atoms with Crippen LogP contribution in [0.3, 0.4) is 0 Å². The van der Waals surface area contributed by atoms with Crippen molar-refractivity contribution in [3.8, 4) is 0 Å². The summed E-state index contributed by atoms with van der Waals surface area (Å²) in [6.45, 7) is 8.08. The van der Waals surface area contributed by atoms with Crippen molar-refractivity contribution < 1.29 is 28.6 Å². The highest BCUT2D eigenvalue weighted by Crippen LogP contribution is 2.31. The predicted octanol–water partition coefficient (Wildman–Crippen LogP) is 2.83. The van der Waals surface area contributed by atoms with Crippen molar-refractivity contribution >= 4 is 18.1 Å². The zero-order valence-corrected chi connectivity index (χ0v) is 19.6.